The Kier molecular flexibility index (Phi) is 6.83. The van der Waals surface area contributed by atoms with Crippen molar-refractivity contribution < 1.29 is 38.9 Å². The molecule has 11 nitrogen and oxygen atoms in total. The lowest BCUT2D eigenvalue weighted by molar-refractivity contribution is -0.229. The molecule has 0 bridgehead atoms. The third kappa shape index (κ3) is 4.40. The summed E-state index contributed by atoms with van der Waals surface area (Å²) in [6.07, 6.45) is -8.95. The molecule has 1 saturated heterocycles. The predicted octanol–water partition coefficient (Wildman–Crippen LogP) is -0.475. The van der Waals surface area contributed by atoms with Crippen molar-refractivity contribution in [1.29, 1.82) is 0 Å². The topological polar surface area (TPSA) is 161 Å². The van der Waals surface area contributed by atoms with Gasteiger partial charge in [0.05, 0.1) is 35.9 Å². The highest BCUT2D eigenvalue weighted by Crippen LogP contribution is 2.40. The van der Waals surface area contributed by atoms with E-state index in [0.717, 1.165) is 0 Å². The van der Waals surface area contributed by atoms with Gasteiger partial charge in [0.1, 0.15) is 24.4 Å². The summed E-state index contributed by atoms with van der Waals surface area (Å²) in [5.74, 6) is 0. The molecule has 2 aliphatic heterocycles. The molecule has 1 amide bonds. The molecule has 2 aromatic rings. The first-order valence-corrected chi connectivity index (χ1v) is 11.3. The molecule has 178 valence electrons. The Morgan fingerprint density at radius 2 is 1.85 bits per heavy atom. The first-order valence-electron chi connectivity index (χ1n) is 10.2. The van der Waals surface area contributed by atoms with E-state index in [1.54, 1.807) is 42.5 Å². The molecule has 0 radical (unpaired) electrons. The fraction of sp³-hybridized carbons (Fsp3) is 0.381. The van der Waals surface area contributed by atoms with Gasteiger partial charge in [-0.2, -0.15) is 0 Å². The molecular formula is C21H25N3O8S. The molecule has 0 spiro atoms. The van der Waals surface area contributed by atoms with Crippen LogP contribution in [0.1, 0.15) is 0 Å². The van der Waals surface area contributed by atoms with E-state index in [1.807, 2.05) is 6.07 Å². The van der Waals surface area contributed by atoms with E-state index in [-0.39, 0.29) is 0 Å². The molecular weight excluding hydrogens is 454 g/mol. The van der Waals surface area contributed by atoms with Gasteiger partial charge in [-0.05, 0) is 30.3 Å². The van der Waals surface area contributed by atoms with Gasteiger partial charge in [-0.25, -0.2) is 9.00 Å². The van der Waals surface area contributed by atoms with Crippen molar-refractivity contribution in [1.82, 2.24) is 5.32 Å². The number of rotatable bonds is 5. The largest absolute Gasteiger partial charge is 0.453 e. The van der Waals surface area contributed by atoms with Crippen molar-refractivity contribution in [2.75, 3.05) is 23.9 Å². The van der Waals surface area contributed by atoms with Crippen molar-refractivity contribution in [3.8, 4) is 0 Å². The van der Waals surface area contributed by atoms with Crippen molar-refractivity contribution >= 4 is 28.3 Å². The second-order valence-corrected chi connectivity index (χ2v) is 9.05. The van der Waals surface area contributed by atoms with E-state index >= 15 is 0 Å². The molecule has 0 aromatic heterocycles. The summed E-state index contributed by atoms with van der Waals surface area (Å²) in [6, 6.07) is 13.8. The summed E-state index contributed by atoms with van der Waals surface area (Å²) < 4.78 is 23.5. The fourth-order valence-electron chi connectivity index (χ4n) is 3.87. The van der Waals surface area contributed by atoms with E-state index in [1.165, 1.54) is 12.0 Å². The van der Waals surface area contributed by atoms with E-state index in [9.17, 15) is 29.4 Å². The van der Waals surface area contributed by atoms with Crippen molar-refractivity contribution in [3.05, 3.63) is 48.5 Å². The SMILES string of the molecule is COC(=O)NC1Nc2ccc(S(=O)c3ccccc3)cc2N1C1OC(CO)C(O)C(O)C1O. The van der Waals surface area contributed by atoms with Crippen LogP contribution in [-0.2, 0) is 20.3 Å². The zero-order valence-corrected chi connectivity index (χ0v) is 18.4. The lowest BCUT2D eigenvalue weighted by atomic mass is 9.97. The molecule has 0 aliphatic carbocycles. The molecule has 2 heterocycles. The number of aliphatic hydroxyl groups excluding tert-OH is 4. The molecule has 7 unspecified atom stereocenters. The van der Waals surface area contributed by atoms with Crippen LogP contribution in [-0.4, -0.2) is 81.4 Å². The smallest absolute Gasteiger partial charge is 0.409 e. The number of aliphatic hydroxyl groups is 4. The van der Waals surface area contributed by atoms with Crippen molar-refractivity contribution in [2.24, 2.45) is 0 Å². The number of hydrogen-bond acceptors (Lipinski definition) is 10. The van der Waals surface area contributed by atoms with E-state index in [4.69, 9.17) is 4.74 Å². The number of fused-ring (bicyclic) bond motifs is 1. The van der Waals surface area contributed by atoms with Crippen LogP contribution in [0.4, 0.5) is 16.2 Å². The minimum Gasteiger partial charge on any atom is -0.453 e. The van der Waals surface area contributed by atoms with Gasteiger partial charge < -0.3 is 40.1 Å². The average molecular weight is 480 g/mol. The Bertz CT molecular complexity index is 1020. The van der Waals surface area contributed by atoms with Crippen molar-refractivity contribution in [2.45, 2.75) is 46.7 Å². The average Bonchev–Trinajstić information content (AvgIpc) is 3.19. The summed E-state index contributed by atoms with van der Waals surface area (Å²) in [5, 5.41) is 46.3. The third-order valence-electron chi connectivity index (χ3n) is 5.57. The third-order valence-corrected chi connectivity index (χ3v) is 6.95. The monoisotopic (exact) mass is 479 g/mol. The standard InChI is InChI=1S/C21H25N3O8S/c1-31-21(29)23-20-22-13-8-7-12(33(30)11-5-3-2-4-6-11)9-14(13)24(20)19-18(28)17(27)16(26)15(10-25)32-19/h2-9,15-20,22,25-28H,10H2,1H3,(H,23,29). The number of benzene rings is 2. The number of carbonyl (C=O) groups is 1. The molecule has 0 saturated carbocycles. The van der Waals surface area contributed by atoms with E-state index in [2.05, 4.69) is 15.4 Å². The zero-order valence-electron chi connectivity index (χ0n) is 17.6. The fourth-order valence-corrected chi connectivity index (χ4v) is 4.96. The first-order chi connectivity index (χ1) is 15.8. The Morgan fingerprint density at radius 3 is 2.52 bits per heavy atom. The highest BCUT2D eigenvalue weighted by Gasteiger charge is 2.49. The normalized spacial score (nSPS) is 29.7. The van der Waals surface area contributed by atoms with E-state index < -0.39 is 60.4 Å². The number of amides is 1. The second-order valence-electron chi connectivity index (χ2n) is 7.57. The Morgan fingerprint density at radius 1 is 1.12 bits per heavy atom. The number of methoxy groups -OCH3 is 1. The Balaban J connectivity index is 1.73. The maximum atomic E-state index is 13.1. The van der Waals surface area contributed by atoms with Crippen LogP contribution in [0.5, 0.6) is 0 Å². The minimum absolute atomic E-state index is 0.419. The van der Waals surface area contributed by atoms with Crippen LogP contribution in [0.2, 0.25) is 0 Å². The minimum atomic E-state index is -1.62. The quantitative estimate of drug-likeness (QED) is 0.331. The molecule has 2 aromatic carbocycles. The number of alkyl carbamates (subject to hydrolysis) is 1. The highest BCUT2D eigenvalue weighted by atomic mass is 32.2. The van der Waals surface area contributed by atoms with Gasteiger partial charge in [-0.15, -0.1) is 0 Å². The van der Waals surface area contributed by atoms with Gasteiger partial charge in [0.25, 0.3) is 0 Å². The lowest BCUT2D eigenvalue weighted by Gasteiger charge is -2.45. The Hall–Kier alpha value is -2.74. The van der Waals surface area contributed by atoms with Crippen LogP contribution in [0, 0.1) is 0 Å². The zero-order chi connectivity index (χ0) is 23.7. The summed E-state index contributed by atoms with van der Waals surface area (Å²) in [4.78, 5) is 14.4. The lowest BCUT2D eigenvalue weighted by Crippen LogP contribution is -2.66. The summed E-state index contributed by atoms with van der Waals surface area (Å²) >= 11 is 0. The molecule has 33 heavy (non-hydrogen) atoms. The van der Waals surface area contributed by atoms with Crippen molar-refractivity contribution in [3.63, 3.8) is 0 Å². The molecule has 6 N–H and O–H groups in total. The number of nitrogens with zero attached hydrogens (tertiary/aromatic N) is 1. The Labute approximate surface area is 192 Å². The van der Waals surface area contributed by atoms with Gasteiger partial charge >= 0.3 is 6.09 Å². The molecule has 4 rings (SSSR count). The number of anilines is 2. The molecule has 2 aliphatic rings. The molecule has 12 heteroatoms. The predicted molar refractivity (Wildman–Crippen MR) is 117 cm³/mol. The summed E-state index contributed by atoms with van der Waals surface area (Å²) in [6.45, 7) is -0.608. The molecule has 1 fully saturated rings. The maximum absolute atomic E-state index is 13.1. The van der Waals surface area contributed by atoms with Crippen LogP contribution in [0.3, 0.4) is 0 Å². The first kappa shape index (κ1) is 23.4. The number of carbonyl (C=O) groups excluding carboxylic acids is 1. The van der Waals surface area contributed by atoms with Crippen LogP contribution < -0.4 is 15.5 Å². The summed E-state index contributed by atoms with van der Waals surface area (Å²) in [7, 11) is -0.321. The summed E-state index contributed by atoms with van der Waals surface area (Å²) in [5.41, 5.74) is 0.949. The van der Waals surface area contributed by atoms with Crippen LogP contribution in [0.25, 0.3) is 0 Å². The second kappa shape index (κ2) is 9.63. The maximum Gasteiger partial charge on any atom is 0.409 e. The van der Waals surface area contributed by atoms with Gasteiger partial charge in [-0.1, -0.05) is 18.2 Å². The number of nitrogens with one attached hydrogen (secondary N) is 2. The molecule has 7 atom stereocenters. The van der Waals surface area contributed by atoms with Gasteiger partial charge in [0.2, 0.25) is 0 Å². The van der Waals surface area contributed by atoms with Gasteiger partial charge in [0.15, 0.2) is 12.5 Å². The highest BCUT2D eigenvalue weighted by molar-refractivity contribution is 7.85. The van der Waals surface area contributed by atoms with E-state index in [0.29, 0.717) is 21.2 Å². The number of ether oxygens (including phenoxy) is 2. The van der Waals surface area contributed by atoms with Crippen LogP contribution in [0.15, 0.2) is 58.3 Å². The number of hydrogen-bond donors (Lipinski definition) is 6. The van der Waals surface area contributed by atoms with Crippen LogP contribution >= 0.6 is 0 Å². The van der Waals surface area contributed by atoms with Gasteiger partial charge in [-0.3, -0.25) is 5.32 Å². The van der Waals surface area contributed by atoms with Gasteiger partial charge in [0, 0.05) is 9.79 Å².